The highest BCUT2D eigenvalue weighted by molar-refractivity contribution is 6.30. The highest BCUT2D eigenvalue weighted by atomic mass is 35.5. The van der Waals surface area contributed by atoms with E-state index >= 15 is 0 Å². The van der Waals surface area contributed by atoms with Gasteiger partial charge < -0.3 is 10.8 Å². The van der Waals surface area contributed by atoms with E-state index in [-0.39, 0.29) is 11.8 Å². The highest BCUT2D eigenvalue weighted by Gasteiger charge is 2.08. The van der Waals surface area contributed by atoms with E-state index in [4.69, 9.17) is 17.3 Å². The summed E-state index contributed by atoms with van der Waals surface area (Å²) in [7, 11) is 0. The minimum Gasteiger partial charge on any atom is -0.508 e. The standard InChI is InChI=1S/C9H12ClNO/c1-2-8(11)7-4-3-6(10)5-9(7)12/h3-5,8,12H,2,11H2,1H3/t8-/m0/s1. The molecular weight excluding hydrogens is 174 g/mol. The van der Waals surface area contributed by atoms with E-state index in [1.165, 1.54) is 6.07 Å². The summed E-state index contributed by atoms with van der Waals surface area (Å²) >= 11 is 5.66. The minimum atomic E-state index is -0.109. The SMILES string of the molecule is CC[C@H](N)c1ccc(Cl)cc1O. The molecule has 0 bridgehead atoms. The molecule has 0 radical (unpaired) electrons. The van der Waals surface area contributed by atoms with Gasteiger partial charge in [-0.2, -0.15) is 0 Å². The second-order valence-electron chi connectivity index (χ2n) is 2.72. The van der Waals surface area contributed by atoms with Crippen LogP contribution >= 0.6 is 11.6 Å². The maximum absolute atomic E-state index is 9.43. The molecule has 0 heterocycles. The van der Waals surface area contributed by atoms with Crippen molar-refractivity contribution in [1.29, 1.82) is 0 Å². The van der Waals surface area contributed by atoms with Crippen LogP contribution in [0.5, 0.6) is 5.75 Å². The van der Waals surface area contributed by atoms with Gasteiger partial charge in [0.15, 0.2) is 0 Å². The summed E-state index contributed by atoms with van der Waals surface area (Å²) in [5, 5.41) is 9.96. The van der Waals surface area contributed by atoms with Crippen molar-refractivity contribution in [3.8, 4) is 5.75 Å². The van der Waals surface area contributed by atoms with Crippen molar-refractivity contribution in [2.24, 2.45) is 5.73 Å². The molecule has 0 amide bonds. The zero-order chi connectivity index (χ0) is 9.14. The van der Waals surface area contributed by atoms with Crippen molar-refractivity contribution in [1.82, 2.24) is 0 Å². The van der Waals surface area contributed by atoms with Crippen LogP contribution in [0, 0.1) is 0 Å². The van der Waals surface area contributed by atoms with Crippen LogP contribution in [0.1, 0.15) is 24.9 Å². The number of hydrogen-bond acceptors (Lipinski definition) is 2. The zero-order valence-corrected chi connectivity index (χ0v) is 7.67. The lowest BCUT2D eigenvalue weighted by Gasteiger charge is -2.10. The minimum absolute atomic E-state index is 0.109. The highest BCUT2D eigenvalue weighted by Crippen LogP contribution is 2.27. The van der Waals surface area contributed by atoms with E-state index < -0.39 is 0 Å². The molecule has 0 aliphatic heterocycles. The molecule has 1 aromatic rings. The first-order valence-corrected chi connectivity index (χ1v) is 4.27. The van der Waals surface area contributed by atoms with Crippen molar-refractivity contribution in [2.75, 3.05) is 0 Å². The van der Waals surface area contributed by atoms with Crippen molar-refractivity contribution in [3.05, 3.63) is 28.8 Å². The Morgan fingerprint density at radius 2 is 2.25 bits per heavy atom. The predicted octanol–water partition coefficient (Wildman–Crippen LogP) is 2.46. The van der Waals surface area contributed by atoms with Crippen LogP contribution in [-0.4, -0.2) is 5.11 Å². The van der Waals surface area contributed by atoms with Crippen LogP contribution in [0.3, 0.4) is 0 Å². The first-order valence-electron chi connectivity index (χ1n) is 3.89. The Hall–Kier alpha value is -0.730. The van der Waals surface area contributed by atoms with Gasteiger partial charge in [0.25, 0.3) is 0 Å². The van der Waals surface area contributed by atoms with Gasteiger partial charge >= 0.3 is 0 Å². The number of phenolic OH excluding ortho intramolecular Hbond substituents is 1. The maximum Gasteiger partial charge on any atom is 0.121 e. The fourth-order valence-electron chi connectivity index (χ4n) is 1.05. The Morgan fingerprint density at radius 3 is 2.75 bits per heavy atom. The van der Waals surface area contributed by atoms with Gasteiger partial charge in [-0.15, -0.1) is 0 Å². The van der Waals surface area contributed by atoms with Crippen molar-refractivity contribution >= 4 is 11.6 Å². The summed E-state index contributed by atoms with van der Waals surface area (Å²) in [6.07, 6.45) is 0.801. The molecule has 1 aromatic carbocycles. The van der Waals surface area contributed by atoms with Gasteiger partial charge in [-0.05, 0) is 18.6 Å². The van der Waals surface area contributed by atoms with E-state index in [0.29, 0.717) is 5.02 Å². The summed E-state index contributed by atoms with van der Waals surface area (Å²) in [6, 6.07) is 4.88. The number of halogens is 1. The lowest BCUT2D eigenvalue weighted by atomic mass is 10.0. The zero-order valence-electron chi connectivity index (χ0n) is 6.92. The van der Waals surface area contributed by atoms with E-state index in [1.807, 2.05) is 6.92 Å². The quantitative estimate of drug-likeness (QED) is 0.744. The van der Waals surface area contributed by atoms with Crippen molar-refractivity contribution in [2.45, 2.75) is 19.4 Å². The van der Waals surface area contributed by atoms with Gasteiger partial charge in [0.05, 0.1) is 0 Å². The summed E-state index contributed by atoms with van der Waals surface area (Å²) in [5.41, 5.74) is 6.49. The molecular formula is C9H12ClNO. The summed E-state index contributed by atoms with van der Waals surface area (Å²) in [5.74, 6) is 0.178. The fraction of sp³-hybridized carbons (Fsp3) is 0.333. The van der Waals surface area contributed by atoms with E-state index in [0.717, 1.165) is 12.0 Å². The summed E-state index contributed by atoms with van der Waals surface area (Å²) in [4.78, 5) is 0. The molecule has 12 heavy (non-hydrogen) atoms. The molecule has 0 saturated carbocycles. The number of rotatable bonds is 2. The maximum atomic E-state index is 9.43. The topological polar surface area (TPSA) is 46.2 Å². The van der Waals surface area contributed by atoms with Crippen LogP contribution in [0.4, 0.5) is 0 Å². The number of hydrogen-bond donors (Lipinski definition) is 2. The van der Waals surface area contributed by atoms with Gasteiger partial charge in [0, 0.05) is 16.6 Å². The van der Waals surface area contributed by atoms with Crippen molar-refractivity contribution in [3.63, 3.8) is 0 Å². The largest absolute Gasteiger partial charge is 0.508 e. The second-order valence-corrected chi connectivity index (χ2v) is 3.15. The molecule has 0 aliphatic rings. The molecule has 1 rings (SSSR count). The molecule has 66 valence electrons. The third kappa shape index (κ3) is 1.90. The summed E-state index contributed by atoms with van der Waals surface area (Å²) < 4.78 is 0. The predicted molar refractivity (Wildman–Crippen MR) is 50.3 cm³/mol. The Morgan fingerprint density at radius 1 is 1.58 bits per heavy atom. The van der Waals surface area contributed by atoms with Gasteiger partial charge in [0.2, 0.25) is 0 Å². The smallest absolute Gasteiger partial charge is 0.121 e. The molecule has 0 unspecified atom stereocenters. The van der Waals surface area contributed by atoms with Gasteiger partial charge in [0.1, 0.15) is 5.75 Å². The number of aromatic hydroxyl groups is 1. The molecule has 0 saturated heterocycles. The Balaban J connectivity index is 3.01. The lowest BCUT2D eigenvalue weighted by molar-refractivity contribution is 0.460. The van der Waals surface area contributed by atoms with Crippen LogP contribution < -0.4 is 5.73 Å². The molecule has 2 nitrogen and oxygen atoms in total. The van der Waals surface area contributed by atoms with E-state index in [1.54, 1.807) is 12.1 Å². The Bertz CT molecular complexity index is 275. The molecule has 0 fully saturated rings. The molecule has 1 atom stereocenters. The Labute approximate surface area is 77.0 Å². The van der Waals surface area contributed by atoms with E-state index in [2.05, 4.69) is 0 Å². The number of nitrogens with two attached hydrogens (primary N) is 1. The molecule has 3 heteroatoms. The van der Waals surface area contributed by atoms with E-state index in [9.17, 15) is 5.11 Å². The summed E-state index contributed by atoms with van der Waals surface area (Å²) in [6.45, 7) is 1.97. The normalized spacial score (nSPS) is 12.9. The van der Waals surface area contributed by atoms with Crippen LogP contribution in [-0.2, 0) is 0 Å². The first-order chi connectivity index (χ1) is 5.65. The molecule has 0 aliphatic carbocycles. The molecule has 0 spiro atoms. The van der Waals surface area contributed by atoms with Crippen LogP contribution in [0.25, 0.3) is 0 Å². The monoisotopic (exact) mass is 185 g/mol. The lowest BCUT2D eigenvalue weighted by Crippen LogP contribution is -2.08. The first kappa shape index (κ1) is 9.36. The number of benzene rings is 1. The third-order valence-electron chi connectivity index (χ3n) is 1.83. The average molecular weight is 186 g/mol. The van der Waals surface area contributed by atoms with Crippen LogP contribution in [0.15, 0.2) is 18.2 Å². The second kappa shape index (κ2) is 3.78. The van der Waals surface area contributed by atoms with Gasteiger partial charge in [-0.3, -0.25) is 0 Å². The number of phenols is 1. The third-order valence-corrected chi connectivity index (χ3v) is 2.07. The fourth-order valence-corrected chi connectivity index (χ4v) is 1.22. The molecule has 3 N–H and O–H groups in total. The Kier molecular flexibility index (Phi) is 2.95. The van der Waals surface area contributed by atoms with Crippen LogP contribution in [0.2, 0.25) is 5.02 Å². The molecule has 0 aromatic heterocycles. The van der Waals surface area contributed by atoms with Gasteiger partial charge in [-0.25, -0.2) is 0 Å². The van der Waals surface area contributed by atoms with Gasteiger partial charge in [-0.1, -0.05) is 24.6 Å². The average Bonchev–Trinajstić information content (AvgIpc) is 2.03. The van der Waals surface area contributed by atoms with Crippen molar-refractivity contribution < 1.29 is 5.11 Å².